The minimum atomic E-state index is -0.346. The molecule has 0 radical (unpaired) electrons. The quantitative estimate of drug-likeness (QED) is 0.500. The van der Waals surface area contributed by atoms with Crippen LogP contribution >= 0.6 is 11.3 Å². The molecule has 7 heteroatoms. The van der Waals surface area contributed by atoms with E-state index in [9.17, 15) is 4.79 Å². The minimum absolute atomic E-state index is 0.255. The third kappa shape index (κ3) is 2.39. The zero-order valence-electron chi connectivity index (χ0n) is 14.4. The second-order valence-electron chi connectivity index (χ2n) is 6.52. The third-order valence-electron chi connectivity index (χ3n) is 4.88. The number of H-pyrrole nitrogens is 2. The van der Waals surface area contributed by atoms with E-state index >= 15 is 0 Å². The van der Waals surface area contributed by atoms with Gasteiger partial charge in [-0.2, -0.15) is 5.10 Å². The molecule has 0 spiro atoms. The summed E-state index contributed by atoms with van der Waals surface area (Å²) in [6.45, 7) is 2.05. The van der Waals surface area contributed by atoms with Crippen LogP contribution in [0.5, 0.6) is 0 Å². The summed E-state index contributed by atoms with van der Waals surface area (Å²) in [7, 11) is 0. The third-order valence-corrected chi connectivity index (χ3v) is 5.92. The van der Waals surface area contributed by atoms with Gasteiger partial charge in [0.05, 0.1) is 35.0 Å². The van der Waals surface area contributed by atoms with Crippen molar-refractivity contribution in [2.24, 2.45) is 0 Å². The Bertz CT molecular complexity index is 1290. The first-order chi connectivity index (χ1) is 13.1. The van der Waals surface area contributed by atoms with Crippen LogP contribution in [0.15, 0.2) is 53.7 Å². The van der Waals surface area contributed by atoms with Gasteiger partial charge in [0.1, 0.15) is 0 Å². The van der Waals surface area contributed by atoms with E-state index in [1.54, 1.807) is 17.5 Å². The molecule has 0 aliphatic heterocycles. The van der Waals surface area contributed by atoms with Crippen molar-refractivity contribution in [1.29, 1.82) is 5.41 Å². The van der Waals surface area contributed by atoms with Gasteiger partial charge in [-0.15, -0.1) is 11.3 Å². The second kappa shape index (κ2) is 5.85. The summed E-state index contributed by atoms with van der Waals surface area (Å²) in [4.78, 5) is 21.8. The molecule has 1 unspecified atom stereocenters. The monoisotopic (exact) mass is 373 g/mol. The van der Waals surface area contributed by atoms with Crippen molar-refractivity contribution in [3.05, 3.63) is 85.9 Å². The molecule has 3 N–H and O–H groups in total. The van der Waals surface area contributed by atoms with Gasteiger partial charge >= 0.3 is 0 Å². The van der Waals surface area contributed by atoms with Crippen LogP contribution in [-0.2, 0) is 0 Å². The number of benzene rings is 1. The fourth-order valence-electron chi connectivity index (χ4n) is 3.62. The highest BCUT2D eigenvalue weighted by atomic mass is 32.1. The van der Waals surface area contributed by atoms with Gasteiger partial charge in [0.2, 0.25) is 0 Å². The molecule has 132 valence electrons. The smallest absolute Gasteiger partial charge is 0.260 e. The number of thiophene rings is 1. The Morgan fingerprint density at radius 2 is 2.11 bits per heavy atom. The number of aryl methyl sites for hydroxylation is 1. The molecule has 5 rings (SSSR count). The first-order valence-electron chi connectivity index (χ1n) is 8.51. The molecule has 3 heterocycles. The first-order valence-corrected chi connectivity index (χ1v) is 9.32. The molecule has 0 fully saturated rings. The fraction of sp³-hybridized carbons (Fsp3) is 0.100. The number of allylic oxidation sites excluding steroid dienone is 1. The van der Waals surface area contributed by atoms with E-state index in [0.29, 0.717) is 11.3 Å². The number of nitrogens with one attached hydrogen (secondary N) is 3. The van der Waals surface area contributed by atoms with Gasteiger partial charge in [-0.25, -0.2) is 4.98 Å². The van der Waals surface area contributed by atoms with Crippen LogP contribution < -0.4 is 5.56 Å². The molecule has 0 saturated carbocycles. The van der Waals surface area contributed by atoms with Crippen molar-refractivity contribution < 1.29 is 0 Å². The van der Waals surface area contributed by atoms with Gasteiger partial charge < -0.3 is 10.4 Å². The highest BCUT2D eigenvalue weighted by Crippen LogP contribution is 2.39. The Hall–Kier alpha value is -3.32. The van der Waals surface area contributed by atoms with Crippen molar-refractivity contribution in [2.75, 3.05) is 0 Å². The number of hydrogen-bond donors (Lipinski definition) is 3. The Balaban J connectivity index is 1.80. The first kappa shape index (κ1) is 15.9. The molecule has 3 aromatic heterocycles. The summed E-state index contributed by atoms with van der Waals surface area (Å²) in [5.41, 5.74) is 3.64. The van der Waals surface area contributed by atoms with Gasteiger partial charge in [0, 0.05) is 26.6 Å². The summed E-state index contributed by atoms with van der Waals surface area (Å²) < 4.78 is 0. The van der Waals surface area contributed by atoms with Gasteiger partial charge in [-0.1, -0.05) is 18.2 Å². The van der Waals surface area contributed by atoms with Crippen molar-refractivity contribution in [1.82, 2.24) is 20.2 Å². The number of aromatic amines is 2. The van der Waals surface area contributed by atoms with Gasteiger partial charge in [0.25, 0.3) is 5.56 Å². The van der Waals surface area contributed by atoms with Crippen LogP contribution in [0.1, 0.15) is 32.5 Å². The van der Waals surface area contributed by atoms with Crippen LogP contribution in [0.3, 0.4) is 0 Å². The topological polar surface area (TPSA) is 98.3 Å². The largest absolute Gasteiger partial charge is 0.313 e. The number of aromatic nitrogens is 4. The number of nitrogens with zero attached hydrogens (tertiary/aromatic N) is 2. The average molecular weight is 373 g/mol. The van der Waals surface area contributed by atoms with E-state index < -0.39 is 0 Å². The SMILES string of the molecule is Cc1ccc(C2=CC(c3cccc4[nH]ncc34)C(=N)c3c2nc[nH]c3=O)s1. The van der Waals surface area contributed by atoms with Gasteiger partial charge in [-0.3, -0.25) is 9.89 Å². The standard InChI is InChI=1S/C20H15N5OS/c1-10-5-6-16(27-10)13-7-12(11-3-2-4-15-14(11)8-24-25-15)18(21)17-19(13)22-9-23-20(17)26/h2-9,12,21H,1H3,(H,24,25)(H,22,23,26). The fourth-order valence-corrected chi connectivity index (χ4v) is 4.52. The Labute approximate surface area is 158 Å². The van der Waals surface area contributed by atoms with Crippen LogP contribution in [0.25, 0.3) is 16.5 Å². The maximum Gasteiger partial charge on any atom is 0.260 e. The summed E-state index contributed by atoms with van der Waals surface area (Å²) in [6.07, 6.45) is 5.22. The molecule has 1 aliphatic carbocycles. The normalized spacial score (nSPS) is 16.4. The lowest BCUT2D eigenvalue weighted by Crippen LogP contribution is -2.28. The van der Waals surface area contributed by atoms with Crippen LogP contribution in [0.4, 0.5) is 0 Å². The minimum Gasteiger partial charge on any atom is -0.313 e. The van der Waals surface area contributed by atoms with Gasteiger partial charge in [-0.05, 0) is 30.7 Å². The predicted molar refractivity (Wildman–Crippen MR) is 107 cm³/mol. The molecule has 0 bridgehead atoms. The molecule has 0 amide bonds. The van der Waals surface area contributed by atoms with E-state index in [-0.39, 0.29) is 17.2 Å². The van der Waals surface area contributed by atoms with Crippen LogP contribution in [-0.4, -0.2) is 25.9 Å². The molecule has 1 aromatic carbocycles. The van der Waals surface area contributed by atoms with E-state index in [2.05, 4.69) is 33.2 Å². The van der Waals surface area contributed by atoms with E-state index in [1.807, 2.05) is 30.3 Å². The molecule has 27 heavy (non-hydrogen) atoms. The van der Waals surface area contributed by atoms with Crippen molar-refractivity contribution >= 4 is 33.5 Å². The summed E-state index contributed by atoms with van der Waals surface area (Å²) in [5, 5.41) is 16.8. The van der Waals surface area contributed by atoms with Crippen molar-refractivity contribution in [2.45, 2.75) is 12.8 Å². The summed E-state index contributed by atoms with van der Waals surface area (Å²) in [6, 6.07) is 9.98. The molecule has 1 atom stereocenters. The van der Waals surface area contributed by atoms with Crippen molar-refractivity contribution in [3.8, 4) is 0 Å². The second-order valence-corrected chi connectivity index (χ2v) is 7.80. The van der Waals surface area contributed by atoms with E-state index in [0.717, 1.165) is 26.9 Å². The van der Waals surface area contributed by atoms with Crippen molar-refractivity contribution in [3.63, 3.8) is 0 Å². The van der Waals surface area contributed by atoms with E-state index in [1.165, 1.54) is 11.2 Å². The molecule has 0 saturated heterocycles. The highest BCUT2D eigenvalue weighted by Gasteiger charge is 2.31. The summed E-state index contributed by atoms with van der Waals surface area (Å²) in [5.74, 6) is -0.346. The lowest BCUT2D eigenvalue weighted by Gasteiger charge is -2.24. The molecule has 1 aliphatic rings. The number of rotatable bonds is 2. The Morgan fingerprint density at radius 3 is 2.93 bits per heavy atom. The molecular formula is C20H15N5OS. The highest BCUT2D eigenvalue weighted by molar-refractivity contribution is 7.13. The number of fused-ring (bicyclic) bond motifs is 2. The Morgan fingerprint density at radius 1 is 1.22 bits per heavy atom. The maximum atomic E-state index is 12.6. The van der Waals surface area contributed by atoms with Gasteiger partial charge in [0.15, 0.2) is 0 Å². The molecular weight excluding hydrogens is 358 g/mol. The van der Waals surface area contributed by atoms with Crippen LogP contribution in [0, 0.1) is 12.3 Å². The molecule has 6 nitrogen and oxygen atoms in total. The predicted octanol–water partition coefficient (Wildman–Crippen LogP) is 3.61. The maximum absolute atomic E-state index is 12.6. The van der Waals surface area contributed by atoms with Crippen LogP contribution in [0.2, 0.25) is 0 Å². The average Bonchev–Trinajstić information content (AvgIpc) is 3.31. The zero-order valence-corrected chi connectivity index (χ0v) is 15.2. The van der Waals surface area contributed by atoms with E-state index in [4.69, 9.17) is 5.41 Å². The lowest BCUT2D eigenvalue weighted by atomic mass is 9.81. The lowest BCUT2D eigenvalue weighted by molar-refractivity contribution is 1.03. The molecule has 4 aromatic rings. The summed E-state index contributed by atoms with van der Waals surface area (Å²) >= 11 is 1.66. The number of hydrogen-bond acceptors (Lipinski definition) is 5. The zero-order chi connectivity index (χ0) is 18.5. The Kier molecular flexibility index (Phi) is 3.45.